The summed E-state index contributed by atoms with van der Waals surface area (Å²) in [6.45, 7) is 2.07. The monoisotopic (exact) mass is 409 g/mol. The van der Waals surface area contributed by atoms with E-state index in [9.17, 15) is 4.79 Å². The van der Waals surface area contributed by atoms with E-state index in [2.05, 4.69) is 36.6 Å². The fourth-order valence-corrected chi connectivity index (χ4v) is 6.26. The number of aryl methyl sites for hydroxylation is 1. The number of para-hydroxylation sites is 1. The van der Waals surface area contributed by atoms with Gasteiger partial charge in [0.2, 0.25) is 0 Å². The van der Waals surface area contributed by atoms with Gasteiger partial charge in [-0.3, -0.25) is 4.79 Å². The topological polar surface area (TPSA) is 54.4 Å². The van der Waals surface area contributed by atoms with Crippen molar-refractivity contribution in [3.63, 3.8) is 0 Å². The number of rotatable bonds is 3. The molecule has 4 saturated carbocycles. The summed E-state index contributed by atoms with van der Waals surface area (Å²) in [4.78, 5) is 18.1. The standard InChI is InChI=1S/C27H27N3O/c1-16-6-8-19(9-7-16)25-15-23(22-4-2-3-5-24(22)28-25)27(31)30-29-26-20-11-17-10-18(13-20)14-21(26)12-17/h2-9,15,17-18,20-21H,10-14H2,1H3,(H,30,31). The summed E-state index contributed by atoms with van der Waals surface area (Å²) < 4.78 is 0. The van der Waals surface area contributed by atoms with E-state index in [-0.39, 0.29) is 5.91 Å². The van der Waals surface area contributed by atoms with Gasteiger partial charge in [-0.2, -0.15) is 5.10 Å². The number of nitrogens with zero attached hydrogens (tertiary/aromatic N) is 2. The Morgan fingerprint density at radius 3 is 2.32 bits per heavy atom. The summed E-state index contributed by atoms with van der Waals surface area (Å²) in [5.41, 5.74) is 8.66. The molecule has 0 saturated heterocycles. The zero-order chi connectivity index (χ0) is 20.9. The summed E-state index contributed by atoms with van der Waals surface area (Å²) in [5.74, 6) is 2.78. The molecule has 4 aliphatic carbocycles. The van der Waals surface area contributed by atoms with E-state index in [1.54, 1.807) is 0 Å². The first kappa shape index (κ1) is 18.7. The quantitative estimate of drug-likeness (QED) is 0.560. The molecule has 156 valence electrons. The predicted octanol–water partition coefficient (Wildman–Crippen LogP) is 5.75. The minimum absolute atomic E-state index is 0.145. The molecule has 0 atom stereocenters. The molecule has 4 heteroatoms. The van der Waals surface area contributed by atoms with E-state index < -0.39 is 0 Å². The van der Waals surface area contributed by atoms with Crippen molar-refractivity contribution >= 4 is 22.5 Å². The molecule has 4 aliphatic rings. The van der Waals surface area contributed by atoms with Crippen LogP contribution in [-0.2, 0) is 0 Å². The molecule has 0 unspecified atom stereocenters. The van der Waals surface area contributed by atoms with E-state index in [0.717, 1.165) is 34.0 Å². The molecule has 4 nitrogen and oxygen atoms in total. The highest BCUT2D eigenvalue weighted by molar-refractivity contribution is 6.07. The fourth-order valence-electron chi connectivity index (χ4n) is 6.26. The molecule has 1 amide bonds. The zero-order valence-electron chi connectivity index (χ0n) is 17.8. The molecule has 1 N–H and O–H groups in total. The number of amides is 1. The SMILES string of the molecule is Cc1ccc(-c2cc(C(=O)NN=C3C4CC5CC(C4)CC3C5)c3ccccc3n2)cc1. The summed E-state index contributed by atoms with van der Waals surface area (Å²) >= 11 is 0. The van der Waals surface area contributed by atoms with Crippen LogP contribution in [0.3, 0.4) is 0 Å². The zero-order valence-corrected chi connectivity index (χ0v) is 17.8. The largest absolute Gasteiger partial charge is 0.272 e. The van der Waals surface area contributed by atoms with Crippen molar-refractivity contribution in [2.45, 2.75) is 39.0 Å². The third-order valence-electron chi connectivity index (χ3n) is 7.57. The summed E-state index contributed by atoms with van der Waals surface area (Å²) in [7, 11) is 0. The number of pyridine rings is 1. The van der Waals surface area contributed by atoms with Gasteiger partial charge in [0.1, 0.15) is 0 Å². The maximum absolute atomic E-state index is 13.3. The van der Waals surface area contributed by atoms with E-state index in [4.69, 9.17) is 10.1 Å². The molecule has 1 heterocycles. The number of hydrogen-bond acceptors (Lipinski definition) is 3. The molecule has 0 radical (unpaired) electrons. The number of carbonyl (C=O) groups is 1. The Bertz CT molecular complexity index is 1160. The van der Waals surface area contributed by atoms with Gasteiger partial charge in [0.25, 0.3) is 5.91 Å². The average molecular weight is 410 g/mol. The first-order chi connectivity index (χ1) is 15.1. The summed E-state index contributed by atoms with van der Waals surface area (Å²) in [6, 6.07) is 18.0. The average Bonchev–Trinajstić information content (AvgIpc) is 2.78. The molecule has 1 aromatic heterocycles. The second-order valence-corrected chi connectivity index (χ2v) is 9.72. The smallest absolute Gasteiger partial charge is 0.267 e. The van der Waals surface area contributed by atoms with E-state index in [0.29, 0.717) is 17.4 Å². The molecular formula is C27H27N3O. The molecular weight excluding hydrogens is 382 g/mol. The van der Waals surface area contributed by atoms with Crippen LogP contribution in [0, 0.1) is 30.6 Å². The van der Waals surface area contributed by atoms with Gasteiger partial charge in [0, 0.05) is 16.7 Å². The van der Waals surface area contributed by atoms with Crippen molar-refractivity contribution in [3.8, 4) is 11.3 Å². The van der Waals surface area contributed by atoms with Crippen molar-refractivity contribution in [2.24, 2.45) is 28.8 Å². The van der Waals surface area contributed by atoms with Gasteiger partial charge >= 0.3 is 0 Å². The van der Waals surface area contributed by atoms with E-state index in [1.807, 2.05) is 30.3 Å². The van der Waals surface area contributed by atoms with Crippen LogP contribution < -0.4 is 5.43 Å². The predicted molar refractivity (Wildman–Crippen MR) is 124 cm³/mol. The van der Waals surface area contributed by atoms with Crippen LogP contribution in [0.1, 0.15) is 48.0 Å². The Balaban J connectivity index is 1.34. The highest BCUT2D eigenvalue weighted by Gasteiger charge is 2.46. The molecule has 2 aromatic carbocycles. The third-order valence-corrected chi connectivity index (χ3v) is 7.57. The number of benzene rings is 2. The van der Waals surface area contributed by atoms with Crippen LogP contribution in [0.4, 0.5) is 0 Å². The van der Waals surface area contributed by atoms with Crippen LogP contribution in [-0.4, -0.2) is 16.6 Å². The van der Waals surface area contributed by atoms with Crippen molar-refractivity contribution in [2.75, 3.05) is 0 Å². The number of hydrogen-bond donors (Lipinski definition) is 1. The third kappa shape index (κ3) is 3.34. The Hall–Kier alpha value is -3.01. The lowest BCUT2D eigenvalue weighted by molar-refractivity contribution is 0.0944. The number of fused-ring (bicyclic) bond motifs is 1. The van der Waals surface area contributed by atoms with Gasteiger partial charge in [0.05, 0.1) is 16.8 Å². The van der Waals surface area contributed by atoms with Gasteiger partial charge in [-0.25, -0.2) is 10.4 Å². The molecule has 0 aliphatic heterocycles. The number of nitrogens with one attached hydrogen (secondary N) is 1. The molecule has 7 rings (SSSR count). The van der Waals surface area contributed by atoms with Gasteiger partial charge in [-0.1, -0.05) is 48.0 Å². The normalized spacial score (nSPS) is 26.3. The Morgan fingerprint density at radius 1 is 0.935 bits per heavy atom. The number of aromatic nitrogens is 1. The maximum Gasteiger partial charge on any atom is 0.272 e. The Morgan fingerprint density at radius 2 is 1.61 bits per heavy atom. The first-order valence-electron chi connectivity index (χ1n) is 11.5. The van der Waals surface area contributed by atoms with Crippen LogP contribution in [0.15, 0.2) is 59.7 Å². The van der Waals surface area contributed by atoms with Crippen molar-refractivity contribution in [1.29, 1.82) is 0 Å². The first-order valence-corrected chi connectivity index (χ1v) is 11.5. The van der Waals surface area contributed by atoms with Crippen LogP contribution >= 0.6 is 0 Å². The van der Waals surface area contributed by atoms with Gasteiger partial charge in [0.15, 0.2) is 0 Å². The van der Waals surface area contributed by atoms with Crippen molar-refractivity contribution in [3.05, 3.63) is 65.7 Å². The van der Waals surface area contributed by atoms with Crippen molar-refractivity contribution < 1.29 is 4.79 Å². The van der Waals surface area contributed by atoms with Crippen LogP contribution in [0.25, 0.3) is 22.2 Å². The summed E-state index contributed by atoms with van der Waals surface area (Å²) in [5, 5.41) is 5.58. The Kier molecular flexibility index (Phi) is 4.41. The van der Waals surface area contributed by atoms with E-state index >= 15 is 0 Å². The highest BCUT2D eigenvalue weighted by atomic mass is 16.2. The lowest BCUT2D eigenvalue weighted by Gasteiger charge is -2.50. The summed E-state index contributed by atoms with van der Waals surface area (Å²) in [6.07, 6.45) is 6.46. The molecule has 4 bridgehead atoms. The molecule has 4 fully saturated rings. The second-order valence-electron chi connectivity index (χ2n) is 9.72. The Labute approximate surface area is 182 Å². The molecule has 3 aromatic rings. The minimum atomic E-state index is -0.145. The lowest BCUT2D eigenvalue weighted by Crippen LogP contribution is -2.46. The lowest BCUT2D eigenvalue weighted by atomic mass is 9.55. The molecule has 31 heavy (non-hydrogen) atoms. The van der Waals surface area contributed by atoms with Crippen molar-refractivity contribution in [1.82, 2.24) is 10.4 Å². The number of hydrazone groups is 1. The minimum Gasteiger partial charge on any atom is -0.267 e. The second kappa shape index (κ2) is 7.30. The van der Waals surface area contributed by atoms with Gasteiger partial charge in [-0.05, 0) is 74.8 Å². The van der Waals surface area contributed by atoms with Gasteiger partial charge < -0.3 is 0 Å². The van der Waals surface area contributed by atoms with Crippen LogP contribution in [0.2, 0.25) is 0 Å². The highest BCUT2D eigenvalue weighted by Crippen LogP contribution is 2.52. The number of carbonyl (C=O) groups excluding carboxylic acids is 1. The van der Waals surface area contributed by atoms with Gasteiger partial charge in [-0.15, -0.1) is 0 Å². The fraction of sp³-hybridized carbons (Fsp3) is 0.370. The van der Waals surface area contributed by atoms with Crippen LogP contribution in [0.5, 0.6) is 0 Å². The molecule has 0 spiro atoms. The maximum atomic E-state index is 13.3. The van der Waals surface area contributed by atoms with E-state index in [1.165, 1.54) is 43.4 Å².